The average Bonchev–Trinajstić information content (AvgIpc) is 2.65. The van der Waals surface area contributed by atoms with Gasteiger partial charge in [-0.1, -0.05) is 11.6 Å². The summed E-state index contributed by atoms with van der Waals surface area (Å²) in [6.45, 7) is 1.45. The van der Waals surface area contributed by atoms with E-state index in [9.17, 15) is 22.0 Å². The number of anilines is 1. The van der Waals surface area contributed by atoms with Crippen LogP contribution in [0.3, 0.4) is 0 Å². The number of nitrogens with zero attached hydrogens (tertiary/aromatic N) is 2. The number of hydrogen-bond acceptors (Lipinski definition) is 6. The number of benzene rings is 1. The Balaban J connectivity index is 1.68. The molecular weight excluding hydrogens is 450 g/mol. The number of carbonyl (C=O) groups is 1. The molecule has 11 heteroatoms. The molecular formula is C20H19ClF2N4O3S. The summed E-state index contributed by atoms with van der Waals surface area (Å²) in [6.07, 6.45) is -0.429. The first kappa shape index (κ1) is 21.6. The highest BCUT2D eigenvalue weighted by atomic mass is 35.5. The smallest absolute Gasteiger partial charge is 0.274 e. The summed E-state index contributed by atoms with van der Waals surface area (Å²) in [6, 6.07) is 6.68. The van der Waals surface area contributed by atoms with Gasteiger partial charge in [-0.05, 0) is 37.3 Å². The van der Waals surface area contributed by atoms with E-state index >= 15 is 0 Å². The number of rotatable bonds is 3. The fraction of sp³-hybridized carbons (Fsp3) is 0.350. The van der Waals surface area contributed by atoms with Crippen molar-refractivity contribution in [2.75, 3.05) is 11.1 Å². The summed E-state index contributed by atoms with van der Waals surface area (Å²) in [5, 5.41) is 2.95. The quantitative estimate of drug-likeness (QED) is 0.718. The van der Waals surface area contributed by atoms with Gasteiger partial charge in [0, 0.05) is 30.3 Å². The van der Waals surface area contributed by atoms with E-state index in [0.717, 1.165) is 6.07 Å². The maximum atomic E-state index is 14.7. The third kappa shape index (κ3) is 3.57. The zero-order valence-electron chi connectivity index (χ0n) is 16.4. The molecule has 164 valence electrons. The lowest BCUT2D eigenvalue weighted by Gasteiger charge is -2.48. The zero-order chi connectivity index (χ0) is 22.6. The van der Waals surface area contributed by atoms with Crippen molar-refractivity contribution < 1.29 is 22.0 Å². The number of carbonyl (C=O) groups excluding carboxylic acids is 1. The molecule has 1 fully saturated rings. The third-order valence-corrected chi connectivity index (χ3v) is 8.67. The number of amides is 1. The number of aromatic nitrogens is 1. The van der Waals surface area contributed by atoms with Gasteiger partial charge in [0.2, 0.25) is 0 Å². The van der Waals surface area contributed by atoms with Crippen LogP contribution in [0.4, 0.5) is 14.5 Å². The summed E-state index contributed by atoms with van der Waals surface area (Å²) in [5.41, 5.74) is 4.71. The van der Waals surface area contributed by atoms with E-state index in [1.165, 1.54) is 37.4 Å². The number of nitrogens with one attached hydrogen (secondary N) is 1. The van der Waals surface area contributed by atoms with Crippen molar-refractivity contribution in [1.29, 1.82) is 0 Å². The van der Waals surface area contributed by atoms with Crippen LogP contribution in [0.25, 0.3) is 0 Å². The van der Waals surface area contributed by atoms with Gasteiger partial charge >= 0.3 is 0 Å². The summed E-state index contributed by atoms with van der Waals surface area (Å²) >= 11 is 5.77. The van der Waals surface area contributed by atoms with Gasteiger partial charge in [0.1, 0.15) is 33.8 Å². The second-order valence-electron chi connectivity index (χ2n) is 8.04. The lowest BCUT2D eigenvalue weighted by atomic mass is 9.80. The van der Waals surface area contributed by atoms with Crippen LogP contribution in [-0.4, -0.2) is 41.8 Å². The van der Waals surface area contributed by atoms with E-state index in [0.29, 0.717) is 5.02 Å². The largest absolute Gasteiger partial charge is 0.386 e. The van der Waals surface area contributed by atoms with Gasteiger partial charge in [-0.3, -0.25) is 9.79 Å². The molecule has 1 aliphatic carbocycles. The van der Waals surface area contributed by atoms with Crippen LogP contribution in [-0.2, 0) is 15.4 Å². The molecule has 0 bridgehead atoms. The van der Waals surface area contributed by atoms with E-state index < -0.39 is 43.8 Å². The van der Waals surface area contributed by atoms with Gasteiger partial charge in [0.15, 0.2) is 9.84 Å². The number of alkyl halides is 1. The highest BCUT2D eigenvalue weighted by Crippen LogP contribution is 2.48. The Bertz CT molecular complexity index is 1200. The molecule has 2 aliphatic rings. The highest BCUT2D eigenvalue weighted by molar-refractivity contribution is 7.93. The van der Waals surface area contributed by atoms with E-state index in [1.54, 1.807) is 0 Å². The van der Waals surface area contributed by atoms with Crippen molar-refractivity contribution in [1.82, 2.24) is 4.98 Å². The third-order valence-electron chi connectivity index (χ3n) is 5.77. The minimum Gasteiger partial charge on any atom is -0.386 e. The lowest BCUT2D eigenvalue weighted by molar-refractivity contribution is 0.102. The van der Waals surface area contributed by atoms with Gasteiger partial charge in [-0.25, -0.2) is 22.2 Å². The predicted octanol–water partition coefficient (Wildman–Crippen LogP) is 3.00. The Morgan fingerprint density at radius 3 is 2.58 bits per heavy atom. The molecule has 0 unspecified atom stereocenters. The number of nitrogens with two attached hydrogens (primary N) is 1. The Hall–Kier alpha value is -2.59. The van der Waals surface area contributed by atoms with Crippen molar-refractivity contribution in [3.63, 3.8) is 0 Å². The average molecular weight is 469 g/mol. The number of pyridine rings is 1. The van der Waals surface area contributed by atoms with Gasteiger partial charge in [0.25, 0.3) is 5.91 Å². The number of sulfone groups is 1. The van der Waals surface area contributed by atoms with Crippen LogP contribution in [0.2, 0.25) is 5.02 Å². The highest BCUT2D eigenvalue weighted by Gasteiger charge is 2.61. The van der Waals surface area contributed by atoms with Crippen LogP contribution in [0.5, 0.6) is 0 Å². The molecule has 1 saturated carbocycles. The summed E-state index contributed by atoms with van der Waals surface area (Å²) < 4.78 is 52.7. The molecule has 0 radical (unpaired) electrons. The number of amidine groups is 1. The molecule has 7 nitrogen and oxygen atoms in total. The zero-order valence-corrected chi connectivity index (χ0v) is 18.0. The summed E-state index contributed by atoms with van der Waals surface area (Å²) in [5.74, 6) is -2.00. The van der Waals surface area contributed by atoms with Crippen molar-refractivity contribution in [3.8, 4) is 0 Å². The topological polar surface area (TPSA) is 115 Å². The minimum absolute atomic E-state index is 0.0492. The number of hydrogen-bond donors (Lipinski definition) is 2. The van der Waals surface area contributed by atoms with Crippen LogP contribution in [0.15, 0.2) is 41.5 Å². The van der Waals surface area contributed by atoms with Gasteiger partial charge < -0.3 is 11.1 Å². The number of aliphatic imine (C=N–C) groups is 1. The molecule has 2 aromatic rings. The maximum Gasteiger partial charge on any atom is 0.274 e. The molecule has 1 aromatic heterocycles. The van der Waals surface area contributed by atoms with Crippen LogP contribution >= 0.6 is 11.6 Å². The molecule has 0 saturated heterocycles. The first-order valence-electron chi connectivity index (χ1n) is 9.41. The van der Waals surface area contributed by atoms with E-state index in [4.69, 9.17) is 17.3 Å². The Kier molecular flexibility index (Phi) is 5.05. The van der Waals surface area contributed by atoms with E-state index in [-0.39, 0.29) is 35.6 Å². The Morgan fingerprint density at radius 2 is 2.00 bits per heavy atom. The Morgan fingerprint density at radius 1 is 1.29 bits per heavy atom. The second kappa shape index (κ2) is 7.23. The lowest BCUT2D eigenvalue weighted by Crippen LogP contribution is -2.65. The fourth-order valence-electron chi connectivity index (χ4n) is 4.05. The Labute approximate surface area is 182 Å². The minimum atomic E-state index is -3.90. The van der Waals surface area contributed by atoms with E-state index in [2.05, 4.69) is 15.3 Å². The molecule has 1 aliphatic heterocycles. The van der Waals surface area contributed by atoms with Crippen LogP contribution in [0.1, 0.15) is 35.8 Å². The van der Waals surface area contributed by atoms with Gasteiger partial charge in [-0.15, -0.1) is 0 Å². The van der Waals surface area contributed by atoms with E-state index in [1.807, 2.05) is 0 Å². The van der Waals surface area contributed by atoms with Crippen molar-refractivity contribution in [3.05, 3.63) is 58.6 Å². The summed E-state index contributed by atoms with van der Waals surface area (Å²) in [7, 11) is -3.90. The second-order valence-corrected chi connectivity index (χ2v) is 10.8. The summed E-state index contributed by atoms with van der Waals surface area (Å²) in [4.78, 5) is 20.6. The molecule has 4 rings (SSSR count). The SMILES string of the molecule is C[C@@]1(c2cc(NC(=O)c3ccc(Cl)cn3)ccc2F)CS(=O)(=O)[C@]2(C[C@H](F)C2)C(N)=N1. The van der Waals surface area contributed by atoms with Crippen molar-refractivity contribution in [2.24, 2.45) is 10.7 Å². The molecule has 3 N–H and O–H groups in total. The molecule has 1 amide bonds. The van der Waals surface area contributed by atoms with Crippen LogP contribution < -0.4 is 11.1 Å². The monoisotopic (exact) mass is 468 g/mol. The normalized spacial score (nSPS) is 29.2. The van der Waals surface area contributed by atoms with Gasteiger partial charge in [0.05, 0.1) is 10.8 Å². The molecule has 1 atom stereocenters. The number of halogens is 3. The molecule has 31 heavy (non-hydrogen) atoms. The van der Waals surface area contributed by atoms with Crippen molar-refractivity contribution >= 4 is 38.9 Å². The predicted molar refractivity (Wildman–Crippen MR) is 113 cm³/mol. The maximum absolute atomic E-state index is 14.7. The first-order valence-corrected chi connectivity index (χ1v) is 11.4. The molecule has 1 spiro atoms. The van der Waals surface area contributed by atoms with Crippen LogP contribution in [0, 0.1) is 5.82 Å². The fourth-order valence-corrected chi connectivity index (χ4v) is 6.63. The van der Waals surface area contributed by atoms with Crippen molar-refractivity contribution in [2.45, 2.75) is 36.2 Å². The van der Waals surface area contributed by atoms with Gasteiger partial charge in [-0.2, -0.15) is 0 Å². The molecule has 1 aromatic carbocycles. The molecule has 2 heterocycles. The standard InChI is InChI=1S/C20H19ClF2N4O3S/c1-19(10-31(29,30)20(18(24)27-19)7-12(22)8-20)14-6-13(3-4-15(14)23)26-17(28)16-5-2-11(21)9-25-16/h2-6,9,12H,7-8,10H2,1H3,(H2,24,27)(H,26,28)/t12-,19-,20-/m0/s1. The first-order chi connectivity index (χ1) is 14.5.